The van der Waals surface area contributed by atoms with Crippen LogP contribution in [0.4, 0.5) is 4.79 Å². The molecule has 1 aromatic carbocycles. The van der Waals surface area contributed by atoms with Crippen LogP contribution in [0, 0.1) is 11.3 Å². The monoisotopic (exact) mass is 397 g/mol. The van der Waals surface area contributed by atoms with E-state index in [0.717, 1.165) is 47.4 Å². The standard InChI is InChI=1S/C20H28ClNO3S/c1-19(2,3)25-18(23)22-9-7-20(8-10-22)12-14(20)13-26-17-11-15(21)5-6-16(17)24-4/h5-6,11,14H,7-10,12-13H2,1-4H3/t14-/m0/s1. The summed E-state index contributed by atoms with van der Waals surface area (Å²) < 4.78 is 10.9. The van der Waals surface area contributed by atoms with Gasteiger partial charge < -0.3 is 14.4 Å². The second-order valence-electron chi connectivity index (χ2n) is 8.34. The Kier molecular flexibility index (Phi) is 5.69. The summed E-state index contributed by atoms with van der Waals surface area (Å²) in [4.78, 5) is 15.2. The predicted octanol–water partition coefficient (Wildman–Crippen LogP) is 5.48. The largest absolute Gasteiger partial charge is 0.496 e. The highest BCUT2D eigenvalue weighted by Gasteiger charge is 2.54. The first-order valence-corrected chi connectivity index (χ1v) is 10.5. The first-order chi connectivity index (χ1) is 12.2. The van der Waals surface area contributed by atoms with Crippen molar-refractivity contribution in [2.45, 2.75) is 50.5 Å². The van der Waals surface area contributed by atoms with Crippen molar-refractivity contribution in [1.29, 1.82) is 0 Å². The van der Waals surface area contributed by atoms with E-state index in [9.17, 15) is 4.79 Å². The molecule has 0 unspecified atom stereocenters. The SMILES string of the molecule is COc1ccc(Cl)cc1SC[C@@H]1CC12CCN(C(=O)OC(C)(C)C)CC2. The number of methoxy groups -OCH3 is 1. The molecule has 1 atom stereocenters. The first kappa shape index (κ1) is 19.7. The van der Waals surface area contributed by atoms with Gasteiger partial charge in [-0.2, -0.15) is 0 Å². The van der Waals surface area contributed by atoms with E-state index in [1.807, 2.05) is 55.6 Å². The number of hydrogen-bond acceptors (Lipinski definition) is 4. The minimum Gasteiger partial charge on any atom is -0.496 e. The molecule has 3 rings (SSSR count). The van der Waals surface area contributed by atoms with E-state index in [-0.39, 0.29) is 6.09 Å². The normalized spacial score (nSPS) is 21.6. The van der Waals surface area contributed by atoms with Gasteiger partial charge in [0.15, 0.2) is 0 Å². The summed E-state index contributed by atoms with van der Waals surface area (Å²) >= 11 is 7.94. The third-order valence-electron chi connectivity index (χ3n) is 5.34. The lowest BCUT2D eigenvalue weighted by molar-refractivity contribution is 0.0167. The van der Waals surface area contributed by atoms with Gasteiger partial charge in [-0.15, -0.1) is 11.8 Å². The average Bonchev–Trinajstić information content (AvgIpc) is 3.24. The van der Waals surface area contributed by atoms with Crippen LogP contribution in [0.3, 0.4) is 0 Å². The Morgan fingerprint density at radius 3 is 2.65 bits per heavy atom. The van der Waals surface area contributed by atoms with Crippen molar-refractivity contribution in [2.75, 3.05) is 26.0 Å². The third kappa shape index (κ3) is 4.61. The fourth-order valence-corrected chi connectivity index (χ4v) is 5.29. The van der Waals surface area contributed by atoms with Crippen LogP contribution in [-0.2, 0) is 4.74 Å². The number of piperidine rings is 1. The Labute approximate surface area is 165 Å². The molecule has 26 heavy (non-hydrogen) atoms. The Morgan fingerprint density at radius 1 is 1.35 bits per heavy atom. The molecule has 0 bridgehead atoms. The molecule has 0 aromatic heterocycles. The van der Waals surface area contributed by atoms with E-state index in [1.165, 1.54) is 6.42 Å². The maximum absolute atomic E-state index is 12.2. The van der Waals surface area contributed by atoms with Crippen molar-refractivity contribution >= 4 is 29.5 Å². The zero-order valence-corrected chi connectivity index (χ0v) is 17.6. The van der Waals surface area contributed by atoms with Crippen molar-refractivity contribution in [3.8, 4) is 5.75 Å². The van der Waals surface area contributed by atoms with Crippen LogP contribution in [-0.4, -0.2) is 42.5 Å². The van der Waals surface area contributed by atoms with Gasteiger partial charge in [0, 0.05) is 23.9 Å². The number of hydrogen-bond donors (Lipinski definition) is 0. The fourth-order valence-electron chi connectivity index (χ4n) is 3.69. The number of rotatable bonds is 4. The van der Waals surface area contributed by atoms with Crippen LogP contribution in [0.15, 0.2) is 23.1 Å². The average molecular weight is 398 g/mol. The molecule has 1 aromatic rings. The Morgan fingerprint density at radius 2 is 2.04 bits per heavy atom. The number of ether oxygens (including phenoxy) is 2. The van der Waals surface area contributed by atoms with Crippen LogP contribution in [0.25, 0.3) is 0 Å². The second kappa shape index (κ2) is 7.51. The van der Waals surface area contributed by atoms with Crippen molar-refractivity contribution < 1.29 is 14.3 Å². The van der Waals surface area contributed by atoms with E-state index in [0.29, 0.717) is 11.3 Å². The summed E-state index contributed by atoms with van der Waals surface area (Å²) in [6, 6.07) is 5.76. The van der Waals surface area contributed by atoms with Gasteiger partial charge in [0.25, 0.3) is 0 Å². The van der Waals surface area contributed by atoms with E-state index < -0.39 is 5.60 Å². The van der Waals surface area contributed by atoms with Crippen LogP contribution in [0.1, 0.15) is 40.0 Å². The van der Waals surface area contributed by atoms with Crippen LogP contribution in [0.5, 0.6) is 5.75 Å². The van der Waals surface area contributed by atoms with Crippen LogP contribution >= 0.6 is 23.4 Å². The van der Waals surface area contributed by atoms with Gasteiger partial charge in [0.05, 0.1) is 12.0 Å². The Hall–Kier alpha value is -1.07. The summed E-state index contributed by atoms with van der Waals surface area (Å²) in [7, 11) is 1.69. The highest BCUT2D eigenvalue weighted by atomic mass is 35.5. The number of nitrogens with zero attached hydrogens (tertiary/aromatic N) is 1. The van der Waals surface area contributed by atoms with Gasteiger partial charge >= 0.3 is 6.09 Å². The minimum absolute atomic E-state index is 0.178. The number of carbonyl (C=O) groups excluding carboxylic acids is 1. The zero-order valence-electron chi connectivity index (χ0n) is 16.0. The van der Waals surface area contributed by atoms with Gasteiger partial charge in [-0.3, -0.25) is 0 Å². The highest BCUT2D eigenvalue weighted by Crippen LogP contribution is 2.61. The molecule has 4 nitrogen and oxygen atoms in total. The van der Waals surface area contributed by atoms with Gasteiger partial charge in [-0.1, -0.05) is 11.6 Å². The van der Waals surface area contributed by atoms with Gasteiger partial charge in [-0.25, -0.2) is 4.79 Å². The zero-order chi connectivity index (χ0) is 18.9. The Balaban J connectivity index is 1.49. The molecule has 2 fully saturated rings. The lowest BCUT2D eigenvalue weighted by atomic mass is 9.91. The third-order valence-corrected chi connectivity index (χ3v) is 6.77. The van der Waals surface area contributed by atoms with E-state index in [2.05, 4.69) is 0 Å². The van der Waals surface area contributed by atoms with Crippen molar-refractivity contribution in [1.82, 2.24) is 4.90 Å². The van der Waals surface area contributed by atoms with Crippen molar-refractivity contribution in [3.05, 3.63) is 23.2 Å². The summed E-state index contributed by atoms with van der Waals surface area (Å²) in [5.41, 5.74) is -0.0156. The number of amides is 1. The van der Waals surface area contributed by atoms with Crippen molar-refractivity contribution in [3.63, 3.8) is 0 Å². The Bertz CT molecular complexity index is 666. The summed E-state index contributed by atoms with van der Waals surface area (Å²) in [5.74, 6) is 2.66. The maximum Gasteiger partial charge on any atom is 0.410 e. The molecular weight excluding hydrogens is 370 g/mol. The smallest absolute Gasteiger partial charge is 0.410 e. The number of halogens is 1. The molecule has 0 radical (unpaired) electrons. The lowest BCUT2D eigenvalue weighted by Gasteiger charge is -2.34. The minimum atomic E-state index is -0.430. The molecule has 1 heterocycles. The quantitative estimate of drug-likeness (QED) is 0.630. The number of thioether (sulfide) groups is 1. The first-order valence-electron chi connectivity index (χ1n) is 9.17. The molecule has 1 aliphatic carbocycles. The van der Waals surface area contributed by atoms with Gasteiger partial charge in [0.2, 0.25) is 0 Å². The molecule has 1 saturated carbocycles. The molecule has 2 aliphatic rings. The van der Waals surface area contributed by atoms with Crippen molar-refractivity contribution in [2.24, 2.45) is 11.3 Å². The van der Waals surface area contributed by atoms with Crippen LogP contribution < -0.4 is 4.74 Å². The fraction of sp³-hybridized carbons (Fsp3) is 0.650. The molecule has 0 N–H and O–H groups in total. The predicted molar refractivity (Wildman–Crippen MR) is 106 cm³/mol. The molecule has 6 heteroatoms. The number of carbonyl (C=O) groups is 1. The number of likely N-dealkylation sites (tertiary alicyclic amines) is 1. The molecule has 144 valence electrons. The summed E-state index contributed by atoms with van der Waals surface area (Å²) in [6.07, 6.45) is 3.22. The molecule has 1 spiro atoms. The summed E-state index contributed by atoms with van der Waals surface area (Å²) in [5, 5.41) is 0.740. The lowest BCUT2D eigenvalue weighted by Crippen LogP contribution is -2.42. The number of benzene rings is 1. The van der Waals surface area contributed by atoms with Gasteiger partial charge in [0.1, 0.15) is 11.4 Å². The molecule has 1 amide bonds. The highest BCUT2D eigenvalue weighted by molar-refractivity contribution is 7.99. The van der Waals surface area contributed by atoms with Gasteiger partial charge in [-0.05, 0) is 69.6 Å². The van der Waals surface area contributed by atoms with E-state index in [4.69, 9.17) is 21.1 Å². The van der Waals surface area contributed by atoms with E-state index in [1.54, 1.807) is 7.11 Å². The van der Waals surface area contributed by atoms with Crippen LogP contribution in [0.2, 0.25) is 5.02 Å². The summed E-state index contributed by atoms with van der Waals surface area (Å²) in [6.45, 7) is 7.34. The maximum atomic E-state index is 12.2. The topological polar surface area (TPSA) is 38.8 Å². The molecule has 1 aliphatic heterocycles. The van der Waals surface area contributed by atoms with E-state index >= 15 is 0 Å². The molecule has 1 saturated heterocycles. The second-order valence-corrected chi connectivity index (χ2v) is 9.84. The molecular formula is C20H28ClNO3S.